The van der Waals surface area contributed by atoms with Crippen LogP contribution in [0.15, 0.2) is 24.3 Å². The van der Waals surface area contributed by atoms with Gasteiger partial charge >= 0.3 is 0 Å². The number of ketones is 1. The van der Waals surface area contributed by atoms with Gasteiger partial charge < -0.3 is 4.74 Å². The summed E-state index contributed by atoms with van der Waals surface area (Å²) < 4.78 is 5.53. The van der Waals surface area contributed by atoms with Crippen molar-refractivity contribution in [3.05, 3.63) is 29.8 Å². The summed E-state index contributed by atoms with van der Waals surface area (Å²) in [5.74, 6) is 0.776. The Morgan fingerprint density at radius 1 is 1.25 bits per heavy atom. The second-order valence-electron chi connectivity index (χ2n) is 3.64. The van der Waals surface area contributed by atoms with Crippen molar-refractivity contribution >= 4 is 17.4 Å². The zero-order valence-electron chi connectivity index (χ0n) is 9.54. The first kappa shape index (κ1) is 13.0. The lowest BCUT2D eigenvalue weighted by atomic mass is 10.1. The summed E-state index contributed by atoms with van der Waals surface area (Å²) in [6.07, 6.45) is 3.44. The topological polar surface area (TPSA) is 26.3 Å². The molecule has 0 atom stereocenters. The van der Waals surface area contributed by atoms with Crippen LogP contribution in [0.2, 0.25) is 0 Å². The van der Waals surface area contributed by atoms with Crippen molar-refractivity contribution in [2.75, 3.05) is 12.5 Å². The minimum Gasteiger partial charge on any atom is -0.494 e. The minimum atomic E-state index is -0.0563. The number of halogens is 1. The third-order valence-electron chi connectivity index (χ3n) is 2.31. The van der Waals surface area contributed by atoms with Crippen LogP contribution in [0.3, 0.4) is 0 Å². The summed E-state index contributed by atoms with van der Waals surface area (Å²) in [7, 11) is 0. The number of ether oxygens (including phenoxy) is 1. The SMILES string of the molecule is CCCCCOc1ccc(C(=O)CCl)cc1. The van der Waals surface area contributed by atoms with Gasteiger partial charge in [-0.25, -0.2) is 0 Å². The highest BCUT2D eigenvalue weighted by Crippen LogP contribution is 2.13. The quantitative estimate of drug-likeness (QED) is 0.413. The minimum absolute atomic E-state index is 0.0245. The normalized spacial score (nSPS) is 10.1. The smallest absolute Gasteiger partial charge is 0.177 e. The van der Waals surface area contributed by atoms with E-state index < -0.39 is 0 Å². The Balaban J connectivity index is 2.42. The monoisotopic (exact) mass is 240 g/mol. The van der Waals surface area contributed by atoms with Gasteiger partial charge in [0.2, 0.25) is 0 Å². The Kier molecular flexibility index (Phi) is 5.94. The molecule has 0 aliphatic rings. The molecule has 0 aliphatic carbocycles. The molecule has 0 amide bonds. The molecule has 88 valence electrons. The van der Waals surface area contributed by atoms with E-state index in [0.29, 0.717) is 5.56 Å². The van der Waals surface area contributed by atoms with Gasteiger partial charge in [0, 0.05) is 5.56 Å². The fourth-order valence-corrected chi connectivity index (χ4v) is 1.51. The average Bonchev–Trinajstić information content (AvgIpc) is 2.34. The van der Waals surface area contributed by atoms with E-state index in [0.717, 1.165) is 18.8 Å². The number of carbonyl (C=O) groups excluding carboxylic acids is 1. The van der Waals surface area contributed by atoms with Crippen molar-refractivity contribution in [2.45, 2.75) is 26.2 Å². The lowest BCUT2D eigenvalue weighted by Gasteiger charge is -2.05. The molecule has 0 aromatic heterocycles. The van der Waals surface area contributed by atoms with Crippen LogP contribution in [0, 0.1) is 0 Å². The average molecular weight is 241 g/mol. The van der Waals surface area contributed by atoms with Crippen molar-refractivity contribution < 1.29 is 9.53 Å². The lowest BCUT2D eigenvalue weighted by Crippen LogP contribution is -2.01. The van der Waals surface area contributed by atoms with E-state index in [4.69, 9.17) is 16.3 Å². The molecule has 0 unspecified atom stereocenters. The number of rotatable bonds is 7. The van der Waals surface area contributed by atoms with Crippen molar-refractivity contribution in [1.82, 2.24) is 0 Å². The van der Waals surface area contributed by atoms with Crippen molar-refractivity contribution in [2.24, 2.45) is 0 Å². The summed E-state index contributed by atoms with van der Waals surface area (Å²) in [4.78, 5) is 11.3. The molecule has 0 aliphatic heterocycles. The van der Waals surface area contributed by atoms with Gasteiger partial charge in [-0.3, -0.25) is 4.79 Å². The molecule has 1 aromatic rings. The van der Waals surface area contributed by atoms with Crippen LogP contribution in [0.4, 0.5) is 0 Å². The van der Waals surface area contributed by atoms with Crippen LogP contribution < -0.4 is 4.74 Å². The van der Waals surface area contributed by atoms with E-state index in [-0.39, 0.29) is 11.7 Å². The molecule has 0 N–H and O–H groups in total. The van der Waals surface area contributed by atoms with Gasteiger partial charge in [-0.05, 0) is 30.7 Å². The molecule has 2 nitrogen and oxygen atoms in total. The van der Waals surface area contributed by atoms with E-state index in [2.05, 4.69) is 6.92 Å². The highest BCUT2D eigenvalue weighted by Gasteiger charge is 2.03. The molecule has 1 rings (SSSR count). The number of carbonyl (C=O) groups is 1. The molecule has 0 saturated carbocycles. The van der Waals surface area contributed by atoms with Gasteiger partial charge in [0.25, 0.3) is 0 Å². The van der Waals surface area contributed by atoms with E-state index in [1.54, 1.807) is 12.1 Å². The van der Waals surface area contributed by atoms with Crippen LogP contribution in [-0.2, 0) is 0 Å². The Bertz CT molecular complexity index is 319. The molecule has 16 heavy (non-hydrogen) atoms. The summed E-state index contributed by atoms with van der Waals surface area (Å²) in [5, 5.41) is 0. The summed E-state index contributed by atoms with van der Waals surface area (Å²) >= 11 is 5.46. The zero-order chi connectivity index (χ0) is 11.8. The fourth-order valence-electron chi connectivity index (χ4n) is 1.36. The van der Waals surface area contributed by atoms with Crippen molar-refractivity contribution in [3.8, 4) is 5.75 Å². The number of alkyl halides is 1. The molecule has 0 spiro atoms. The largest absolute Gasteiger partial charge is 0.494 e. The molecular formula is C13H17ClO2. The highest BCUT2D eigenvalue weighted by atomic mass is 35.5. The van der Waals surface area contributed by atoms with E-state index >= 15 is 0 Å². The summed E-state index contributed by atoms with van der Waals surface area (Å²) in [6.45, 7) is 2.89. The Hall–Kier alpha value is -1.02. The molecule has 0 saturated heterocycles. The van der Waals surface area contributed by atoms with Crippen molar-refractivity contribution in [3.63, 3.8) is 0 Å². The number of hydrogen-bond acceptors (Lipinski definition) is 2. The third kappa shape index (κ3) is 4.23. The number of benzene rings is 1. The van der Waals surface area contributed by atoms with Gasteiger partial charge in [-0.15, -0.1) is 11.6 Å². The van der Waals surface area contributed by atoms with E-state index in [1.165, 1.54) is 12.8 Å². The predicted molar refractivity (Wildman–Crippen MR) is 66.5 cm³/mol. The van der Waals surface area contributed by atoms with Gasteiger partial charge in [0.15, 0.2) is 5.78 Å². The number of hydrogen-bond donors (Lipinski definition) is 0. The van der Waals surface area contributed by atoms with Crippen LogP contribution in [0.5, 0.6) is 5.75 Å². The van der Waals surface area contributed by atoms with Crippen LogP contribution in [0.25, 0.3) is 0 Å². The molecule has 0 fully saturated rings. The highest BCUT2D eigenvalue weighted by molar-refractivity contribution is 6.30. The van der Waals surface area contributed by atoms with E-state index in [9.17, 15) is 4.79 Å². The van der Waals surface area contributed by atoms with Crippen LogP contribution in [0.1, 0.15) is 36.5 Å². The maximum absolute atomic E-state index is 11.3. The Morgan fingerprint density at radius 3 is 2.50 bits per heavy atom. The maximum Gasteiger partial charge on any atom is 0.177 e. The standard InChI is InChI=1S/C13H17ClO2/c1-2-3-4-9-16-12-7-5-11(6-8-12)13(15)10-14/h5-8H,2-4,9-10H2,1H3. The number of unbranched alkanes of at least 4 members (excludes halogenated alkanes) is 2. The van der Waals surface area contributed by atoms with Crippen molar-refractivity contribution in [1.29, 1.82) is 0 Å². The van der Waals surface area contributed by atoms with Crippen LogP contribution in [-0.4, -0.2) is 18.3 Å². The van der Waals surface area contributed by atoms with Gasteiger partial charge in [-0.2, -0.15) is 0 Å². The summed E-state index contributed by atoms with van der Waals surface area (Å²) in [6, 6.07) is 7.12. The van der Waals surface area contributed by atoms with Gasteiger partial charge in [-0.1, -0.05) is 19.8 Å². The Morgan fingerprint density at radius 2 is 1.94 bits per heavy atom. The molecule has 0 heterocycles. The van der Waals surface area contributed by atoms with Gasteiger partial charge in [0.1, 0.15) is 5.75 Å². The number of Topliss-reactive ketones (excluding diaryl/α,β-unsaturated/α-hetero) is 1. The first-order valence-electron chi connectivity index (χ1n) is 5.60. The first-order chi connectivity index (χ1) is 7.77. The molecule has 3 heteroatoms. The Labute approximate surface area is 102 Å². The first-order valence-corrected chi connectivity index (χ1v) is 6.13. The zero-order valence-corrected chi connectivity index (χ0v) is 10.3. The second kappa shape index (κ2) is 7.29. The van der Waals surface area contributed by atoms with Gasteiger partial charge in [0.05, 0.1) is 12.5 Å². The van der Waals surface area contributed by atoms with E-state index in [1.807, 2.05) is 12.1 Å². The summed E-state index contributed by atoms with van der Waals surface area (Å²) in [5.41, 5.74) is 0.635. The molecule has 0 bridgehead atoms. The predicted octanol–water partition coefficient (Wildman–Crippen LogP) is 3.68. The third-order valence-corrected chi connectivity index (χ3v) is 2.56. The molecule has 0 radical (unpaired) electrons. The fraction of sp³-hybridized carbons (Fsp3) is 0.462. The molecular weight excluding hydrogens is 224 g/mol. The lowest BCUT2D eigenvalue weighted by molar-refractivity contribution is 0.102. The molecule has 1 aromatic carbocycles. The maximum atomic E-state index is 11.3. The van der Waals surface area contributed by atoms with Crippen LogP contribution >= 0.6 is 11.6 Å². The second-order valence-corrected chi connectivity index (χ2v) is 3.90.